The van der Waals surface area contributed by atoms with E-state index >= 15 is 0 Å². The maximum atomic E-state index is 12.9. The van der Waals surface area contributed by atoms with Crippen LogP contribution in [0.1, 0.15) is 208 Å². The molecule has 11 nitrogen and oxygen atoms in total. The van der Waals surface area contributed by atoms with Crippen LogP contribution < -0.4 is 0 Å². The van der Waals surface area contributed by atoms with Gasteiger partial charge in [-0.25, -0.2) is 4.79 Å². The van der Waals surface area contributed by atoms with Crippen LogP contribution in [0.2, 0.25) is 0 Å². The lowest BCUT2D eigenvalue weighted by molar-refractivity contribution is -0.172. The van der Waals surface area contributed by atoms with Crippen LogP contribution in [0.3, 0.4) is 0 Å². The summed E-state index contributed by atoms with van der Waals surface area (Å²) < 4.78 is 27.1. The SMILES string of the molecule is CCCC.CCCCCCCC(CCCC)COC(=O)CCCCCOC(=O)C(CC(=O)OCCCCCC(=O)OCC(CCC)CCCC)OC(=O)CCN(C)C. The summed E-state index contributed by atoms with van der Waals surface area (Å²) in [7, 11) is 3.63. The van der Waals surface area contributed by atoms with Gasteiger partial charge in [0.1, 0.15) is 0 Å². The van der Waals surface area contributed by atoms with Gasteiger partial charge in [0.15, 0.2) is 0 Å². The van der Waals surface area contributed by atoms with Crippen LogP contribution in [0.4, 0.5) is 0 Å². The average Bonchev–Trinajstić information content (AvgIpc) is 3.20. The molecule has 0 radical (unpaired) electrons. The zero-order valence-electron chi connectivity index (χ0n) is 38.7. The lowest BCUT2D eigenvalue weighted by Crippen LogP contribution is -2.33. The summed E-state index contributed by atoms with van der Waals surface area (Å²) in [6.07, 6.45) is 21.3. The highest BCUT2D eigenvalue weighted by Crippen LogP contribution is 2.19. The number of unbranched alkanes of at least 4 members (excludes halogenated alkanes) is 11. The molecule has 0 aliphatic carbocycles. The van der Waals surface area contributed by atoms with Gasteiger partial charge in [0, 0.05) is 19.4 Å². The highest BCUT2D eigenvalue weighted by atomic mass is 16.6. The minimum absolute atomic E-state index is 0.0562. The van der Waals surface area contributed by atoms with Crippen molar-refractivity contribution in [2.75, 3.05) is 47.1 Å². The van der Waals surface area contributed by atoms with Gasteiger partial charge in [0.25, 0.3) is 0 Å². The van der Waals surface area contributed by atoms with Crippen LogP contribution in [-0.4, -0.2) is 87.9 Å². The second kappa shape index (κ2) is 42.4. The summed E-state index contributed by atoms with van der Waals surface area (Å²) in [6, 6.07) is 0. The van der Waals surface area contributed by atoms with Crippen molar-refractivity contribution in [2.24, 2.45) is 11.8 Å². The molecule has 0 saturated carbocycles. The number of carbonyl (C=O) groups is 5. The minimum Gasteiger partial charge on any atom is -0.466 e. The van der Waals surface area contributed by atoms with Crippen LogP contribution in [0.5, 0.6) is 0 Å². The Hall–Kier alpha value is -2.69. The van der Waals surface area contributed by atoms with Gasteiger partial charge >= 0.3 is 29.8 Å². The summed E-state index contributed by atoms with van der Waals surface area (Å²) in [5.41, 5.74) is 0. The van der Waals surface area contributed by atoms with E-state index < -0.39 is 30.4 Å². The molecule has 0 spiro atoms. The van der Waals surface area contributed by atoms with E-state index in [2.05, 4.69) is 41.5 Å². The third-order valence-corrected chi connectivity index (χ3v) is 10.0. The lowest BCUT2D eigenvalue weighted by Gasteiger charge is -2.17. The third-order valence-electron chi connectivity index (χ3n) is 10.0. The highest BCUT2D eigenvalue weighted by molar-refractivity contribution is 5.84. The van der Waals surface area contributed by atoms with Gasteiger partial charge in [-0.05, 0) is 90.1 Å². The van der Waals surface area contributed by atoms with E-state index in [1.807, 2.05) is 19.0 Å². The third kappa shape index (κ3) is 38.8. The average molecular weight is 828 g/mol. The van der Waals surface area contributed by atoms with Crippen LogP contribution in [0.25, 0.3) is 0 Å². The number of carbonyl (C=O) groups excluding carboxylic acids is 5. The van der Waals surface area contributed by atoms with E-state index in [1.54, 1.807) is 0 Å². The maximum Gasteiger partial charge on any atom is 0.348 e. The Balaban J connectivity index is 0. The molecule has 0 rings (SSSR count). The topological polar surface area (TPSA) is 135 Å². The van der Waals surface area contributed by atoms with Crippen molar-refractivity contribution in [1.82, 2.24) is 4.90 Å². The molecular formula is C47H89NO10. The molecule has 3 unspecified atom stereocenters. The number of ether oxygens (including phenoxy) is 5. The molecule has 0 aliphatic heterocycles. The fourth-order valence-corrected chi connectivity index (χ4v) is 6.08. The molecular weight excluding hydrogens is 739 g/mol. The Morgan fingerprint density at radius 1 is 0.431 bits per heavy atom. The molecule has 58 heavy (non-hydrogen) atoms. The fourth-order valence-electron chi connectivity index (χ4n) is 6.08. The minimum atomic E-state index is -1.40. The number of nitrogens with zero attached hydrogens (tertiary/aromatic N) is 1. The first-order chi connectivity index (χ1) is 28.0. The maximum absolute atomic E-state index is 12.9. The number of rotatable bonds is 38. The van der Waals surface area contributed by atoms with E-state index in [1.165, 1.54) is 44.9 Å². The van der Waals surface area contributed by atoms with Gasteiger partial charge in [0.05, 0.1) is 39.3 Å². The summed E-state index contributed by atoms with van der Waals surface area (Å²) in [5.74, 6) is -1.63. The molecule has 0 aliphatic rings. The molecule has 3 atom stereocenters. The predicted molar refractivity (Wildman–Crippen MR) is 233 cm³/mol. The molecule has 0 N–H and O–H groups in total. The number of hydrogen-bond donors (Lipinski definition) is 0. The van der Waals surface area contributed by atoms with Crippen molar-refractivity contribution in [3.63, 3.8) is 0 Å². The normalized spacial score (nSPS) is 12.5. The molecule has 0 heterocycles. The summed E-state index contributed by atoms with van der Waals surface area (Å²) in [5, 5.41) is 0. The van der Waals surface area contributed by atoms with E-state index in [-0.39, 0.29) is 31.6 Å². The first-order valence-corrected chi connectivity index (χ1v) is 23.4. The van der Waals surface area contributed by atoms with Crippen molar-refractivity contribution >= 4 is 29.8 Å². The van der Waals surface area contributed by atoms with Crippen molar-refractivity contribution < 1.29 is 47.7 Å². The van der Waals surface area contributed by atoms with Crippen molar-refractivity contribution in [3.8, 4) is 0 Å². The zero-order chi connectivity index (χ0) is 43.7. The monoisotopic (exact) mass is 828 g/mol. The van der Waals surface area contributed by atoms with Crippen molar-refractivity contribution in [2.45, 2.75) is 215 Å². The van der Waals surface area contributed by atoms with E-state index in [0.717, 1.165) is 57.8 Å². The van der Waals surface area contributed by atoms with Crippen LogP contribution in [0, 0.1) is 11.8 Å². The molecule has 0 fully saturated rings. The van der Waals surface area contributed by atoms with Gasteiger partial charge in [-0.2, -0.15) is 0 Å². The smallest absolute Gasteiger partial charge is 0.348 e. The summed E-state index contributed by atoms with van der Waals surface area (Å²) in [4.78, 5) is 64.3. The number of esters is 5. The Morgan fingerprint density at radius 3 is 1.41 bits per heavy atom. The first kappa shape index (κ1) is 57.4. The van der Waals surface area contributed by atoms with Crippen molar-refractivity contribution in [3.05, 3.63) is 0 Å². The standard InChI is InChI=1S/C43H79NO10.C4H10/c1-7-11-14-15-18-26-37(25-13-9-3)35-53-40(46)28-20-17-22-32-51-43(49)38(54-41(47)29-30-44(5)6)33-42(48)50-31-21-16-19-27-39(45)52-34-36(23-10-4)24-12-8-2;1-3-4-2/h36-38H,7-35H2,1-6H3;3-4H2,1-2H3. The van der Waals surface area contributed by atoms with Crippen LogP contribution in [0.15, 0.2) is 0 Å². The molecule has 0 aromatic rings. The second-order valence-corrected chi connectivity index (χ2v) is 16.1. The van der Waals surface area contributed by atoms with Gasteiger partial charge in [-0.1, -0.05) is 119 Å². The molecule has 0 aromatic carbocycles. The molecule has 0 amide bonds. The fraction of sp³-hybridized carbons (Fsp3) is 0.894. The van der Waals surface area contributed by atoms with Crippen molar-refractivity contribution in [1.29, 1.82) is 0 Å². The quantitative estimate of drug-likeness (QED) is 0.0334. The molecule has 0 aromatic heterocycles. The van der Waals surface area contributed by atoms with Gasteiger partial charge in [-0.3, -0.25) is 19.2 Å². The lowest BCUT2D eigenvalue weighted by atomic mass is 9.96. The first-order valence-electron chi connectivity index (χ1n) is 23.4. The molecule has 0 saturated heterocycles. The molecule has 11 heteroatoms. The molecule has 342 valence electrons. The summed E-state index contributed by atoms with van der Waals surface area (Å²) >= 11 is 0. The highest BCUT2D eigenvalue weighted by Gasteiger charge is 2.28. The second-order valence-electron chi connectivity index (χ2n) is 16.1. The summed E-state index contributed by atoms with van der Waals surface area (Å²) in [6.45, 7) is 14.6. The Morgan fingerprint density at radius 2 is 0.914 bits per heavy atom. The van der Waals surface area contributed by atoms with Crippen LogP contribution >= 0.6 is 0 Å². The Bertz CT molecular complexity index is 1000. The zero-order valence-corrected chi connectivity index (χ0v) is 38.7. The predicted octanol–water partition coefficient (Wildman–Crippen LogP) is 11.1. The van der Waals surface area contributed by atoms with E-state index in [4.69, 9.17) is 23.7 Å². The molecule has 0 bridgehead atoms. The Labute approximate surface area is 355 Å². The van der Waals surface area contributed by atoms with E-state index in [0.29, 0.717) is 83.0 Å². The number of hydrogen-bond acceptors (Lipinski definition) is 11. The van der Waals surface area contributed by atoms with Gasteiger partial charge in [-0.15, -0.1) is 0 Å². The Kier molecular flexibility index (Phi) is 42.0. The van der Waals surface area contributed by atoms with Crippen LogP contribution in [-0.2, 0) is 47.7 Å². The largest absolute Gasteiger partial charge is 0.466 e. The van der Waals surface area contributed by atoms with E-state index in [9.17, 15) is 24.0 Å². The van der Waals surface area contributed by atoms with Gasteiger partial charge < -0.3 is 28.6 Å². The van der Waals surface area contributed by atoms with Gasteiger partial charge in [0.2, 0.25) is 6.10 Å².